The number of aliphatic hydroxyl groups excluding tert-OH is 1. The first kappa shape index (κ1) is 9.43. The van der Waals surface area contributed by atoms with Gasteiger partial charge in [0.15, 0.2) is 0 Å². The molecule has 1 atom stereocenters. The molecule has 1 aromatic rings. The maximum atomic E-state index is 9.20. The minimum atomic E-state index is 0.120. The number of pyridine rings is 1. The Kier molecular flexibility index (Phi) is 2.96. The second-order valence-electron chi connectivity index (χ2n) is 3.34. The van der Waals surface area contributed by atoms with E-state index in [1.54, 1.807) is 6.20 Å². The zero-order chi connectivity index (χ0) is 9.80. The summed E-state index contributed by atoms with van der Waals surface area (Å²) in [5.74, 6) is 0.827. The molecule has 1 radical (unpaired) electrons. The van der Waals surface area contributed by atoms with Crippen molar-refractivity contribution in [1.29, 1.82) is 0 Å². The van der Waals surface area contributed by atoms with Gasteiger partial charge in [-0.05, 0) is 12.1 Å². The lowest BCUT2D eigenvalue weighted by Crippen LogP contribution is -2.53. The van der Waals surface area contributed by atoms with E-state index in [0.717, 1.165) is 25.5 Å². The number of hydrogen-bond donors (Lipinski definition) is 2. The molecule has 2 rings (SSSR count). The Hall–Kier alpha value is -1.13. The van der Waals surface area contributed by atoms with Crippen molar-refractivity contribution in [3.05, 3.63) is 24.4 Å². The van der Waals surface area contributed by atoms with E-state index in [4.69, 9.17) is 0 Å². The van der Waals surface area contributed by atoms with Crippen LogP contribution < -0.4 is 10.2 Å². The third-order valence-corrected chi connectivity index (χ3v) is 2.42. The Morgan fingerprint density at radius 1 is 1.71 bits per heavy atom. The second kappa shape index (κ2) is 4.39. The summed E-state index contributed by atoms with van der Waals surface area (Å²) < 4.78 is 0. The summed E-state index contributed by atoms with van der Waals surface area (Å²) in [7, 11) is 0. The van der Waals surface area contributed by atoms with E-state index in [0.29, 0.717) is 0 Å². The number of nitrogens with one attached hydrogen (secondary N) is 1. The maximum Gasteiger partial charge on any atom is 0.136 e. The quantitative estimate of drug-likeness (QED) is 0.672. The van der Waals surface area contributed by atoms with Crippen LogP contribution in [0.5, 0.6) is 0 Å². The van der Waals surface area contributed by atoms with Crippen molar-refractivity contribution >= 4 is 5.82 Å². The van der Waals surface area contributed by atoms with Gasteiger partial charge in [-0.2, -0.15) is 0 Å². The molecule has 0 unspecified atom stereocenters. The lowest BCUT2D eigenvalue weighted by molar-refractivity contribution is 0.246. The molecule has 2 N–H and O–H groups in total. The first-order chi connectivity index (χ1) is 6.92. The van der Waals surface area contributed by atoms with E-state index in [1.165, 1.54) is 0 Å². The highest BCUT2D eigenvalue weighted by Crippen LogP contribution is 2.13. The van der Waals surface area contributed by atoms with Crippen LogP contribution in [0.1, 0.15) is 0 Å². The number of aromatic nitrogens is 1. The van der Waals surface area contributed by atoms with Gasteiger partial charge in [0.1, 0.15) is 5.82 Å². The molecule has 1 fully saturated rings. The molecule has 4 nitrogen and oxygen atoms in total. The monoisotopic (exact) mass is 192 g/mol. The topological polar surface area (TPSA) is 48.4 Å². The fraction of sp³-hybridized carbons (Fsp3) is 0.500. The summed E-state index contributed by atoms with van der Waals surface area (Å²) in [6.45, 7) is 2.76. The average Bonchev–Trinajstić information content (AvgIpc) is 2.30. The molecular weight excluding hydrogens is 178 g/mol. The van der Waals surface area contributed by atoms with Crippen molar-refractivity contribution in [2.24, 2.45) is 0 Å². The number of anilines is 1. The van der Waals surface area contributed by atoms with Gasteiger partial charge in [0.2, 0.25) is 0 Å². The van der Waals surface area contributed by atoms with Crippen molar-refractivity contribution in [2.45, 2.75) is 6.04 Å². The first-order valence-corrected chi connectivity index (χ1v) is 4.83. The maximum absolute atomic E-state index is 9.20. The number of rotatable bonds is 2. The highest BCUT2D eigenvalue weighted by molar-refractivity contribution is 5.38. The molecule has 0 spiro atoms. The second-order valence-corrected chi connectivity index (χ2v) is 3.34. The van der Waals surface area contributed by atoms with Crippen LogP contribution in [0.2, 0.25) is 0 Å². The number of piperazine rings is 1. The normalized spacial score (nSPS) is 22.4. The molecule has 0 amide bonds. The lowest BCUT2D eigenvalue weighted by atomic mass is 10.2. The molecule has 1 saturated heterocycles. The fourth-order valence-corrected chi connectivity index (χ4v) is 1.68. The molecule has 0 saturated carbocycles. The minimum absolute atomic E-state index is 0.120. The van der Waals surface area contributed by atoms with Gasteiger partial charge in [-0.3, -0.25) is 0 Å². The summed E-state index contributed by atoms with van der Waals surface area (Å²) in [5.41, 5.74) is 0. The lowest BCUT2D eigenvalue weighted by Gasteiger charge is -2.35. The Labute approximate surface area is 83.6 Å². The van der Waals surface area contributed by atoms with Crippen LogP contribution in [0.4, 0.5) is 5.82 Å². The molecular formula is C10H14N3O. The first-order valence-electron chi connectivity index (χ1n) is 4.83. The van der Waals surface area contributed by atoms with Crippen LogP contribution in [-0.2, 0) is 0 Å². The summed E-state index contributed by atoms with van der Waals surface area (Å²) in [6.07, 6.45) is 1.75. The molecule has 1 aliphatic heterocycles. The van der Waals surface area contributed by atoms with Crippen LogP contribution >= 0.6 is 0 Å². The van der Waals surface area contributed by atoms with Crippen molar-refractivity contribution in [3.8, 4) is 0 Å². The Balaban J connectivity index is 2.15. The van der Waals surface area contributed by atoms with Crippen molar-refractivity contribution in [1.82, 2.24) is 10.3 Å². The van der Waals surface area contributed by atoms with Crippen molar-refractivity contribution < 1.29 is 5.11 Å². The minimum Gasteiger partial charge on any atom is -0.394 e. The summed E-state index contributed by atoms with van der Waals surface area (Å²) >= 11 is 0. The molecule has 2 heterocycles. The predicted octanol–water partition coefficient (Wildman–Crippen LogP) is -0.348. The van der Waals surface area contributed by atoms with Crippen LogP contribution in [0.3, 0.4) is 0 Å². The van der Waals surface area contributed by atoms with Crippen LogP contribution in [0, 0.1) is 6.07 Å². The van der Waals surface area contributed by atoms with Gasteiger partial charge < -0.3 is 15.3 Å². The summed E-state index contributed by atoms with van der Waals surface area (Å²) in [5, 5.41) is 12.4. The number of nitrogens with zero attached hydrogens (tertiary/aromatic N) is 2. The van der Waals surface area contributed by atoms with E-state index in [9.17, 15) is 5.11 Å². The largest absolute Gasteiger partial charge is 0.394 e. The zero-order valence-corrected chi connectivity index (χ0v) is 7.98. The SMILES string of the molecule is OC[C@H]1CNCCN1c1[c]cccn1. The van der Waals surface area contributed by atoms with Crippen LogP contribution in [-0.4, -0.2) is 42.4 Å². The average molecular weight is 192 g/mol. The molecule has 75 valence electrons. The standard InChI is InChI=1S/C10H14N3O/c14-8-9-7-11-5-6-13(9)10-3-1-2-4-12-10/h1-2,4,9,11,14H,5-8H2/t9-/m1/s1. The summed E-state index contributed by atoms with van der Waals surface area (Å²) in [6, 6.07) is 6.89. The molecule has 0 aliphatic carbocycles. The van der Waals surface area contributed by atoms with Gasteiger partial charge in [-0.25, -0.2) is 4.98 Å². The molecule has 14 heavy (non-hydrogen) atoms. The van der Waals surface area contributed by atoms with E-state index < -0.39 is 0 Å². The molecule has 1 aromatic heterocycles. The van der Waals surface area contributed by atoms with E-state index >= 15 is 0 Å². The molecule has 0 bridgehead atoms. The van der Waals surface area contributed by atoms with Gasteiger partial charge >= 0.3 is 0 Å². The van der Waals surface area contributed by atoms with E-state index in [-0.39, 0.29) is 12.6 Å². The van der Waals surface area contributed by atoms with E-state index in [2.05, 4.69) is 21.3 Å². The van der Waals surface area contributed by atoms with Crippen LogP contribution in [0.25, 0.3) is 0 Å². The molecule has 4 heteroatoms. The molecule has 1 aliphatic rings. The van der Waals surface area contributed by atoms with Gasteiger partial charge in [-0.15, -0.1) is 0 Å². The smallest absolute Gasteiger partial charge is 0.136 e. The fourth-order valence-electron chi connectivity index (χ4n) is 1.68. The van der Waals surface area contributed by atoms with E-state index in [1.807, 2.05) is 12.1 Å². The number of aliphatic hydroxyl groups is 1. The van der Waals surface area contributed by atoms with Gasteiger partial charge in [-0.1, -0.05) is 0 Å². The predicted molar refractivity (Wildman–Crippen MR) is 54.2 cm³/mol. The zero-order valence-electron chi connectivity index (χ0n) is 7.98. The third kappa shape index (κ3) is 1.86. The summed E-state index contributed by atoms with van der Waals surface area (Å²) in [4.78, 5) is 6.33. The van der Waals surface area contributed by atoms with Gasteiger partial charge in [0.25, 0.3) is 0 Å². The van der Waals surface area contributed by atoms with Crippen molar-refractivity contribution in [2.75, 3.05) is 31.1 Å². The highest BCUT2D eigenvalue weighted by Gasteiger charge is 2.22. The van der Waals surface area contributed by atoms with Gasteiger partial charge in [0, 0.05) is 31.9 Å². The van der Waals surface area contributed by atoms with Crippen LogP contribution in [0.15, 0.2) is 18.3 Å². The highest BCUT2D eigenvalue weighted by atomic mass is 16.3. The Morgan fingerprint density at radius 2 is 2.64 bits per heavy atom. The molecule has 0 aromatic carbocycles. The number of hydrogen-bond acceptors (Lipinski definition) is 4. The third-order valence-electron chi connectivity index (χ3n) is 2.42. The van der Waals surface area contributed by atoms with Crippen molar-refractivity contribution in [3.63, 3.8) is 0 Å². The van der Waals surface area contributed by atoms with Gasteiger partial charge in [0.05, 0.1) is 12.6 Å². The Morgan fingerprint density at radius 3 is 3.36 bits per heavy atom. The Bertz CT molecular complexity index is 278.